The number of pyridine rings is 1. The molecule has 4 rings (SSSR count). The van der Waals surface area contributed by atoms with Gasteiger partial charge in [0.25, 0.3) is 5.91 Å². The molecule has 0 aliphatic carbocycles. The van der Waals surface area contributed by atoms with E-state index >= 15 is 0 Å². The monoisotopic (exact) mass is 349 g/mol. The highest BCUT2D eigenvalue weighted by atomic mass is 32.1. The fourth-order valence-corrected chi connectivity index (χ4v) is 3.36. The van der Waals surface area contributed by atoms with Crippen LogP contribution in [-0.2, 0) is 0 Å². The molecule has 0 saturated carbocycles. The van der Waals surface area contributed by atoms with Crippen LogP contribution in [0.25, 0.3) is 20.8 Å². The number of para-hydroxylation sites is 1. The predicted molar refractivity (Wildman–Crippen MR) is 97.2 cm³/mol. The Morgan fingerprint density at radius 2 is 1.92 bits per heavy atom. The average molecular weight is 349 g/mol. The van der Waals surface area contributed by atoms with Gasteiger partial charge in [-0.15, -0.1) is 11.3 Å². The minimum atomic E-state index is -0.452. The topological polar surface area (TPSA) is 54.9 Å². The maximum Gasteiger partial charge on any atom is 0.256 e. The Balaban J connectivity index is 1.54. The van der Waals surface area contributed by atoms with Crippen molar-refractivity contribution in [1.82, 2.24) is 9.97 Å². The second-order valence-electron chi connectivity index (χ2n) is 5.38. The third kappa shape index (κ3) is 3.25. The number of thiazole rings is 1. The Morgan fingerprint density at radius 3 is 2.68 bits per heavy atom. The highest BCUT2D eigenvalue weighted by Gasteiger charge is 2.09. The maximum atomic E-state index is 13.2. The highest BCUT2D eigenvalue weighted by Crippen LogP contribution is 2.29. The van der Waals surface area contributed by atoms with Gasteiger partial charge in [-0.1, -0.05) is 18.2 Å². The fraction of sp³-hybridized carbons (Fsp3) is 0. The fourth-order valence-electron chi connectivity index (χ4n) is 2.41. The molecule has 1 N–H and O–H groups in total. The molecule has 122 valence electrons. The molecule has 0 unspecified atom stereocenters. The van der Waals surface area contributed by atoms with Crippen LogP contribution in [0, 0.1) is 5.82 Å². The molecule has 1 amide bonds. The lowest BCUT2D eigenvalue weighted by Gasteiger charge is -2.05. The second kappa shape index (κ2) is 6.41. The van der Waals surface area contributed by atoms with E-state index in [4.69, 9.17) is 0 Å². The molecule has 2 aromatic heterocycles. The van der Waals surface area contributed by atoms with Crippen molar-refractivity contribution >= 4 is 33.3 Å². The number of nitrogens with one attached hydrogen (secondary N) is 1. The minimum absolute atomic E-state index is 0.247. The molecular weight excluding hydrogens is 337 g/mol. The molecule has 0 radical (unpaired) electrons. The quantitative estimate of drug-likeness (QED) is 0.581. The Morgan fingerprint density at radius 1 is 1.04 bits per heavy atom. The number of aromatic nitrogens is 2. The summed E-state index contributed by atoms with van der Waals surface area (Å²) in [7, 11) is 0. The summed E-state index contributed by atoms with van der Waals surface area (Å²) in [5.74, 6) is -0.453. The van der Waals surface area contributed by atoms with Gasteiger partial charge in [0.05, 0.1) is 10.2 Å². The Labute approximate surface area is 147 Å². The average Bonchev–Trinajstić information content (AvgIpc) is 3.06. The van der Waals surface area contributed by atoms with Crippen molar-refractivity contribution in [2.45, 2.75) is 0 Å². The maximum absolute atomic E-state index is 13.2. The number of rotatable bonds is 3. The van der Waals surface area contributed by atoms with Crippen LogP contribution < -0.4 is 5.32 Å². The molecule has 6 heteroatoms. The summed E-state index contributed by atoms with van der Waals surface area (Å²) in [6.45, 7) is 0. The first kappa shape index (κ1) is 15.4. The summed E-state index contributed by atoms with van der Waals surface area (Å²) >= 11 is 1.59. The standard InChI is InChI=1S/C19H12FN3OS/c20-14-5-3-4-12(10-14)18(24)23-17-9-8-13(11-21-17)19-22-15-6-1-2-7-16(15)25-19/h1-11H,(H,21,23,24). The molecule has 25 heavy (non-hydrogen) atoms. The Hall–Kier alpha value is -3.12. The van der Waals surface area contributed by atoms with Crippen LogP contribution in [0.2, 0.25) is 0 Å². The number of hydrogen-bond acceptors (Lipinski definition) is 4. The van der Waals surface area contributed by atoms with Gasteiger partial charge in [0.15, 0.2) is 0 Å². The van der Waals surface area contributed by atoms with Crippen LogP contribution in [0.4, 0.5) is 10.2 Å². The van der Waals surface area contributed by atoms with Crippen molar-refractivity contribution in [2.75, 3.05) is 5.32 Å². The highest BCUT2D eigenvalue weighted by molar-refractivity contribution is 7.21. The molecule has 0 atom stereocenters. The number of hydrogen-bond donors (Lipinski definition) is 1. The minimum Gasteiger partial charge on any atom is -0.307 e. The summed E-state index contributed by atoms with van der Waals surface area (Å²) in [5, 5.41) is 3.53. The van der Waals surface area contributed by atoms with E-state index in [1.54, 1.807) is 29.7 Å². The second-order valence-corrected chi connectivity index (χ2v) is 6.41. The van der Waals surface area contributed by atoms with Crippen LogP contribution in [0.5, 0.6) is 0 Å². The number of halogens is 1. The zero-order chi connectivity index (χ0) is 17.2. The van der Waals surface area contributed by atoms with Gasteiger partial charge in [-0.3, -0.25) is 4.79 Å². The summed E-state index contributed by atoms with van der Waals surface area (Å²) in [4.78, 5) is 20.9. The van der Waals surface area contributed by atoms with Crippen molar-refractivity contribution in [2.24, 2.45) is 0 Å². The normalized spacial score (nSPS) is 10.8. The molecular formula is C19H12FN3OS. The Kier molecular flexibility index (Phi) is 3.95. The van der Waals surface area contributed by atoms with E-state index in [9.17, 15) is 9.18 Å². The Bertz CT molecular complexity index is 1030. The number of anilines is 1. The van der Waals surface area contributed by atoms with E-state index in [1.807, 2.05) is 30.3 Å². The van der Waals surface area contributed by atoms with Crippen molar-refractivity contribution in [3.63, 3.8) is 0 Å². The number of carbonyl (C=O) groups is 1. The third-order valence-corrected chi connectivity index (χ3v) is 4.72. The first-order valence-corrected chi connectivity index (χ1v) is 8.39. The van der Waals surface area contributed by atoms with Gasteiger partial charge in [-0.05, 0) is 42.5 Å². The predicted octanol–water partition coefficient (Wildman–Crippen LogP) is 4.75. The molecule has 2 heterocycles. The summed E-state index contributed by atoms with van der Waals surface area (Å²) < 4.78 is 14.3. The SMILES string of the molecule is O=C(Nc1ccc(-c2nc3ccccc3s2)cn1)c1cccc(F)c1. The summed E-state index contributed by atoms with van der Waals surface area (Å²) in [6.07, 6.45) is 1.67. The number of amides is 1. The summed E-state index contributed by atoms with van der Waals surface area (Å²) in [6, 6.07) is 17.0. The van der Waals surface area contributed by atoms with Crippen molar-refractivity contribution < 1.29 is 9.18 Å². The third-order valence-electron chi connectivity index (χ3n) is 3.63. The van der Waals surface area contributed by atoms with Gasteiger partial charge >= 0.3 is 0 Å². The largest absolute Gasteiger partial charge is 0.307 e. The van der Waals surface area contributed by atoms with Crippen LogP contribution in [0.3, 0.4) is 0 Å². The van der Waals surface area contributed by atoms with Crippen LogP contribution in [-0.4, -0.2) is 15.9 Å². The van der Waals surface area contributed by atoms with E-state index in [0.29, 0.717) is 5.82 Å². The van der Waals surface area contributed by atoms with Crippen LogP contribution in [0.15, 0.2) is 66.9 Å². The van der Waals surface area contributed by atoms with E-state index in [2.05, 4.69) is 15.3 Å². The van der Waals surface area contributed by atoms with E-state index in [0.717, 1.165) is 20.8 Å². The van der Waals surface area contributed by atoms with Gasteiger partial charge in [0.1, 0.15) is 16.6 Å². The molecule has 2 aromatic carbocycles. The molecule has 4 aromatic rings. The van der Waals surface area contributed by atoms with E-state index in [-0.39, 0.29) is 5.56 Å². The zero-order valence-corrected chi connectivity index (χ0v) is 13.8. The van der Waals surface area contributed by atoms with Crippen molar-refractivity contribution in [3.8, 4) is 10.6 Å². The van der Waals surface area contributed by atoms with E-state index in [1.165, 1.54) is 18.2 Å². The molecule has 0 saturated heterocycles. The van der Waals surface area contributed by atoms with Gasteiger partial charge in [0.2, 0.25) is 0 Å². The molecule has 0 aliphatic heterocycles. The number of fused-ring (bicyclic) bond motifs is 1. The first-order valence-electron chi connectivity index (χ1n) is 7.58. The smallest absolute Gasteiger partial charge is 0.256 e. The first-order chi connectivity index (χ1) is 12.2. The molecule has 0 aliphatic rings. The lowest BCUT2D eigenvalue weighted by molar-refractivity contribution is 0.102. The molecule has 0 bridgehead atoms. The van der Waals surface area contributed by atoms with Gasteiger partial charge in [-0.25, -0.2) is 14.4 Å². The summed E-state index contributed by atoms with van der Waals surface area (Å²) in [5.41, 5.74) is 2.08. The number of carbonyl (C=O) groups excluding carboxylic acids is 1. The van der Waals surface area contributed by atoms with Crippen LogP contribution in [0.1, 0.15) is 10.4 Å². The van der Waals surface area contributed by atoms with Crippen molar-refractivity contribution in [3.05, 3.63) is 78.2 Å². The zero-order valence-electron chi connectivity index (χ0n) is 12.9. The number of benzene rings is 2. The van der Waals surface area contributed by atoms with Crippen molar-refractivity contribution in [1.29, 1.82) is 0 Å². The van der Waals surface area contributed by atoms with Gasteiger partial charge in [-0.2, -0.15) is 0 Å². The molecule has 4 nitrogen and oxygen atoms in total. The van der Waals surface area contributed by atoms with Crippen LogP contribution >= 0.6 is 11.3 Å². The van der Waals surface area contributed by atoms with Gasteiger partial charge in [0, 0.05) is 17.3 Å². The number of nitrogens with zero attached hydrogens (tertiary/aromatic N) is 2. The van der Waals surface area contributed by atoms with E-state index < -0.39 is 11.7 Å². The van der Waals surface area contributed by atoms with Gasteiger partial charge < -0.3 is 5.32 Å². The molecule has 0 spiro atoms. The lowest BCUT2D eigenvalue weighted by atomic mass is 10.2. The molecule has 0 fully saturated rings. The lowest BCUT2D eigenvalue weighted by Crippen LogP contribution is -2.12.